The monoisotopic (exact) mass is 1330 g/mol. The number of carbonyl (C=O) groups is 4. The van der Waals surface area contributed by atoms with E-state index in [0.29, 0.717) is 25.7 Å². The van der Waals surface area contributed by atoms with Gasteiger partial charge in [0.2, 0.25) is 0 Å². The normalized spacial score (nSPS) is 12.6. The highest BCUT2D eigenvalue weighted by molar-refractivity contribution is 6.06. The number of Topliss-reactive ketones (excluding diaryl/α,β-unsaturated/α-hetero) is 1. The molecule has 0 aliphatic carbocycles. The van der Waals surface area contributed by atoms with E-state index in [1.54, 1.807) is 0 Å². The molecule has 0 fully saturated rings. The molecule has 2 atom stereocenters. The van der Waals surface area contributed by atoms with Crippen LogP contribution in [-0.2, 0) is 33.4 Å². The van der Waals surface area contributed by atoms with Crippen LogP contribution in [-0.4, -0.2) is 54.2 Å². The highest BCUT2D eigenvalue weighted by Gasteiger charge is 2.55. The Kier molecular flexibility index (Phi) is 75.2. The molecule has 0 heterocycles. The van der Waals surface area contributed by atoms with E-state index in [-0.39, 0.29) is 26.2 Å². The second kappa shape index (κ2) is 76.8. The standard InChI is InChI=1S/C86H166O8/c1-5-9-13-17-21-25-29-33-37-41-45-49-53-57-61-65-69-73-77-92-82(88)80-86(91,85(90)94-79-75-71-67-63-59-55-51-47-43-39-35-31-27-23-19-15-11-7-3)83(81(87)76-72-68-64-60-56-52-48-44-40-36-32-28-24-20-16-12-8-4)84(89)93-78-74-70-66-62-58-54-50-46-42-38-34-30-26-22-18-14-10-6-2/h83,91H,5-80H2,1-4H3. The van der Waals surface area contributed by atoms with Crippen LogP contribution in [0.2, 0.25) is 0 Å². The first-order valence-corrected chi connectivity index (χ1v) is 43.0. The number of unbranched alkanes of at least 4 members (excludes halogenated alkanes) is 67. The van der Waals surface area contributed by atoms with E-state index in [9.17, 15) is 24.3 Å². The Morgan fingerprint density at radius 2 is 0.426 bits per heavy atom. The number of rotatable bonds is 81. The van der Waals surface area contributed by atoms with E-state index in [0.717, 1.165) is 77.0 Å². The SMILES string of the molecule is CCCCCCCCCCCCCCCCCCCCOC(=O)CC(O)(C(=O)OCCCCCCCCCCCCCCCCCCCC)C(C(=O)CCCCCCCCCCCCCCCCCCC)C(=O)OCCCCCCCCCCCCCCCCCCCC. The maximum Gasteiger partial charge on any atom is 0.340 e. The third-order valence-electron chi connectivity index (χ3n) is 20.6. The average molecular weight is 1330 g/mol. The largest absolute Gasteiger partial charge is 0.466 e. The number of carbonyl (C=O) groups excluding carboxylic acids is 4. The highest BCUT2D eigenvalue weighted by Crippen LogP contribution is 2.30. The van der Waals surface area contributed by atoms with Crippen LogP contribution in [0, 0.1) is 5.92 Å². The van der Waals surface area contributed by atoms with Crippen LogP contribution in [0.15, 0.2) is 0 Å². The van der Waals surface area contributed by atoms with Crippen molar-refractivity contribution in [3.05, 3.63) is 0 Å². The summed E-state index contributed by atoms with van der Waals surface area (Å²) < 4.78 is 17.3. The molecular weight excluding hydrogens is 1160 g/mol. The van der Waals surface area contributed by atoms with Crippen LogP contribution in [0.4, 0.5) is 0 Å². The number of hydrogen-bond donors (Lipinski definition) is 1. The summed E-state index contributed by atoms with van der Waals surface area (Å²) in [7, 11) is 0. The number of hydrogen-bond acceptors (Lipinski definition) is 8. The molecule has 0 saturated heterocycles. The summed E-state index contributed by atoms with van der Waals surface area (Å²) in [6, 6.07) is 0. The Morgan fingerprint density at radius 1 is 0.245 bits per heavy atom. The molecule has 0 spiro atoms. The first-order valence-electron chi connectivity index (χ1n) is 43.0. The van der Waals surface area contributed by atoms with Crippen LogP contribution in [0.3, 0.4) is 0 Å². The molecule has 8 heteroatoms. The summed E-state index contributed by atoms with van der Waals surface area (Å²) in [6.45, 7) is 9.42. The first-order chi connectivity index (χ1) is 46.3. The van der Waals surface area contributed by atoms with Crippen LogP contribution in [0.25, 0.3) is 0 Å². The number of ether oxygens (including phenoxy) is 3. The minimum Gasteiger partial charge on any atom is -0.466 e. The van der Waals surface area contributed by atoms with Gasteiger partial charge in [-0.1, -0.05) is 458 Å². The van der Waals surface area contributed by atoms with Crippen molar-refractivity contribution in [3.8, 4) is 0 Å². The first kappa shape index (κ1) is 92.0. The van der Waals surface area contributed by atoms with Gasteiger partial charge >= 0.3 is 17.9 Å². The van der Waals surface area contributed by atoms with Crippen molar-refractivity contribution in [2.75, 3.05) is 19.8 Å². The van der Waals surface area contributed by atoms with Crippen molar-refractivity contribution in [2.24, 2.45) is 5.92 Å². The fraction of sp³-hybridized carbons (Fsp3) is 0.953. The van der Waals surface area contributed by atoms with Crippen LogP contribution in [0.5, 0.6) is 0 Å². The summed E-state index contributed by atoms with van der Waals surface area (Å²) in [5, 5.41) is 12.6. The minimum atomic E-state index is -2.73. The van der Waals surface area contributed by atoms with Crippen molar-refractivity contribution in [1.82, 2.24) is 0 Å². The second-order valence-corrected chi connectivity index (χ2v) is 30.0. The minimum absolute atomic E-state index is 0.0146. The van der Waals surface area contributed by atoms with E-state index in [1.165, 1.54) is 353 Å². The predicted octanol–water partition coefficient (Wildman–Crippen LogP) is 28.1. The topological polar surface area (TPSA) is 116 Å². The van der Waals surface area contributed by atoms with E-state index < -0.39 is 41.6 Å². The fourth-order valence-corrected chi connectivity index (χ4v) is 14.1. The third-order valence-corrected chi connectivity index (χ3v) is 20.6. The molecule has 0 rings (SSSR count). The van der Waals surface area contributed by atoms with E-state index >= 15 is 0 Å². The van der Waals surface area contributed by atoms with Crippen molar-refractivity contribution < 1.29 is 38.5 Å². The Hall–Kier alpha value is -1.96. The zero-order valence-electron chi connectivity index (χ0n) is 64.1. The molecule has 0 bridgehead atoms. The summed E-state index contributed by atoms with van der Waals surface area (Å²) in [4.78, 5) is 56.8. The Balaban J connectivity index is 5.48. The lowest BCUT2D eigenvalue weighted by Crippen LogP contribution is -2.55. The van der Waals surface area contributed by atoms with Crippen molar-refractivity contribution in [2.45, 2.75) is 502 Å². The number of ketones is 1. The van der Waals surface area contributed by atoms with Gasteiger partial charge in [-0.05, 0) is 25.7 Å². The maximum absolute atomic E-state index is 14.4. The molecule has 0 aromatic heterocycles. The molecule has 0 aliphatic rings. The molecular formula is C86H166O8. The Morgan fingerprint density at radius 3 is 0.649 bits per heavy atom. The molecule has 0 aromatic carbocycles. The summed E-state index contributed by atoms with van der Waals surface area (Å²) in [6.07, 6.45) is 87.6. The molecule has 0 aromatic rings. The molecule has 558 valence electrons. The van der Waals surface area contributed by atoms with Gasteiger partial charge in [0, 0.05) is 6.42 Å². The molecule has 8 nitrogen and oxygen atoms in total. The number of esters is 3. The zero-order valence-corrected chi connectivity index (χ0v) is 64.1. The van der Waals surface area contributed by atoms with E-state index in [2.05, 4.69) is 27.7 Å². The molecule has 0 aliphatic heterocycles. The summed E-state index contributed by atoms with van der Waals surface area (Å²) >= 11 is 0. The van der Waals surface area contributed by atoms with Crippen molar-refractivity contribution in [1.29, 1.82) is 0 Å². The predicted molar refractivity (Wildman–Crippen MR) is 406 cm³/mol. The van der Waals surface area contributed by atoms with Crippen molar-refractivity contribution in [3.63, 3.8) is 0 Å². The smallest absolute Gasteiger partial charge is 0.340 e. The van der Waals surface area contributed by atoms with Gasteiger partial charge in [-0.15, -0.1) is 0 Å². The zero-order chi connectivity index (χ0) is 68.2. The van der Waals surface area contributed by atoms with Crippen LogP contribution < -0.4 is 0 Å². The van der Waals surface area contributed by atoms with Gasteiger partial charge in [0.25, 0.3) is 0 Å². The average Bonchev–Trinajstić information content (AvgIpc) is 0.800. The van der Waals surface area contributed by atoms with Gasteiger partial charge < -0.3 is 19.3 Å². The molecule has 94 heavy (non-hydrogen) atoms. The second-order valence-electron chi connectivity index (χ2n) is 30.0. The lowest BCUT2D eigenvalue weighted by molar-refractivity contribution is -0.188. The van der Waals surface area contributed by atoms with E-state index in [1.807, 2.05) is 0 Å². The Labute approximate surface area is 587 Å². The maximum atomic E-state index is 14.4. The number of aliphatic hydroxyl groups is 1. The van der Waals surface area contributed by atoms with Gasteiger partial charge in [-0.3, -0.25) is 14.4 Å². The van der Waals surface area contributed by atoms with Crippen LogP contribution >= 0.6 is 0 Å². The van der Waals surface area contributed by atoms with Crippen LogP contribution in [0.1, 0.15) is 496 Å². The van der Waals surface area contributed by atoms with Gasteiger partial charge in [0.05, 0.1) is 26.2 Å². The fourth-order valence-electron chi connectivity index (χ4n) is 14.1. The van der Waals surface area contributed by atoms with Gasteiger partial charge in [-0.25, -0.2) is 4.79 Å². The third kappa shape index (κ3) is 64.7. The lowest BCUT2D eigenvalue weighted by atomic mass is 9.80. The molecule has 2 unspecified atom stereocenters. The lowest BCUT2D eigenvalue weighted by Gasteiger charge is -2.31. The quantitative estimate of drug-likeness (QED) is 0.0277. The molecule has 0 saturated carbocycles. The van der Waals surface area contributed by atoms with Gasteiger partial charge in [0.15, 0.2) is 17.3 Å². The highest BCUT2D eigenvalue weighted by atomic mass is 16.6. The summed E-state index contributed by atoms with van der Waals surface area (Å²) in [5.74, 6) is -5.27. The van der Waals surface area contributed by atoms with Gasteiger partial charge in [0.1, 0.15) is 0 Å². The van der Waals surface area contributed by atoms with Crippen molar-refractivity contribution >= 4 is 23.7 Å². The molecule has 0 amide bonds. The van der Waals surface area contributed by atoms with E-state index in [4.69, 9.17) is 14.2 Å². The molecule has 0 radical (unpaired) electrons. The molecule has 1 N–H and O–H groups in total. The summed E-state index contributed by atoms with van der Waals surface area (Å²) in [5.41, 5.74) is -2.73. The van der Waals surface area contributed by atoms with Gasteiger partial charge in [-0.2, -0.15) is 0 Å². The Bertz CT molecular complexity index is 1550.